The molecule has 2 aromatic rings. The molecule has 1 atom stereocenters. The number of halogens is 5. The molecule has 1 aliphatic rings. The zero-order chi connectivity index (χ0) is 21.6. The standard InChI is InChI=1S/C20H16BrF4NO.C2H6/c1-11-15(21)9-14(12-5-3-2-4-6-12)20(26-11)19-16(22)7-13(8-17(19)23)27-10-18(24)25;1-2/h2-8,15,18,26H,1,9-10H2;1-2H3. The van der Waals surface area contributed by atoms with E-state index >= 15 is 0 Å². The van der Waals surface area contributed by atoms with Gasteiger partial charge in [-0.2, -0.15) is 0 Å². The minimum absolute atomic E-state index is 0.101. The topological polar surface area (TPSA) is 21.3 Å². The molecule has 29 heavy (non-hydrogen) atoms. The van der Waals surface area contributed by atoms with E-state index in [4.69, 9.17) is 4.74 Å². The van der Waals surface area contributed by atoms with E-state index in [1.54, 1.807) is 0 Å². The Hall–Kier alpha value is -2.28. The molecular weight excluding hydrogens is 450 g/mol. The van der Waals surface area contributed by atoms with Gasteiger partial charge < -0.3 is 10.1 Å². The van der Waals surface area contributed by atoms with Crippen LogP contribution in [-0.4, -0.2) is 17.9 Å². The van der Waals surface area contributed by atoms with Crippen molar-refractivity contribution in [2.24, 2.45) is 0 Å². The van der Waals surface area contributed by atoms with Gasteiger partial charge in [-0.05, 0) is 17.6 Å². The minimum Gasteiger partial charge on any atom is -0.487 e. The first-order valence-electron chi connectivity index (χ1n) is 9.15. The van der Waals surface area contributed by atoms with Gasteiger partial charge in [0.25, 0.3) is 6.43 Å². The quantitative estimate of drug-likeness (QED) is 0.383. The van der Waals surface area contributed by atoms with Crippen LogP contribution in [-0.2, 0) is 0 Å². The van der Waals surface area contributed by atoms with Crippen molar-refractivity contribution < 1.29 is 22.3 Å². The summed E-state index contributed by atoms with van der Waals surface area (Å²) in [5.41, 5.74) is 2.08. The first-order chi connectivity index (χ1) is 13.9. The third-order valence-corrected chi connectivity index (χ3v) is 4.99. The highest BCUT2D eigenvalue weighted by atomic mass is 79.9. The molecule has 0 aliphatic carbocycles. The van der Waals surface area contributed by atoms with Crippen molar-refractivity contribution >= 4 is 27.2 Å². The van der Waals surface area contributed by atoms with Gasteiger partial charge in [0.1, 0.15) is 24.0 Å². The normalized spacial score (nSPS) is 16.3. The van der Waals surface area contributed by atoms with E-state index in [-0.39, 0.29) is 21.8 Å². The maximum absolute atomic E-state index is 14.7. The van der Waals surface area contributed by atoms with Crippen molar-refractivity contribution in [1.29, 1.82) is 0 Å². The Balaban J connectivity index is 0.00000145. The molecule has 2 aromatic carbocycles. The van der Waals surface area contributed by atoms with Crippen molar-refractivity contribution in [2.75, 3.05) is 6.61 Å². The Labute approximate surface area is 176 Å². The number of hydrogen-bond donors (Lipinski definition) is 1. The van der Waals surface area contributed by atoms with E-state index in [1.165, 1.54) is 0 Å². The molecule has 0 spiro atoms. The molecule has 1 unspecified atom stereocenters. The number of rotatable bonds is 5. The molecule has 7 heteroatoms. The maximum Gasteiger partial charge on any atom is 0.272 e. The van der Waals surface area contributed by atoms with E-state index < -0.39 is 24.7 Å². The predicted octanol–water partition coefficient (Wildman–Crippen LogP) is 6.77. The predicted molar refractivity (Wildman–Crippen MR) is 112 cm³/mol. The second kappa shape index (κ2) is 10.5. The fraction of sp³-hybridized carbons (Fsp3) is 0.273. The Morgan fingerprint density at radius 3 is 2.28 bits per heavy atom. The fourth-order valence-electron chi connectivity index (χ4n) is 2.86. The summed E-state index contributed by atoms with van der Waals surface area (Å²) in [5.74, 6) is -2.10. The second-order valence-electron chi connectivity index (χ2n) is 6.01. The fourth-order valence-corrected chi connectivity index (χ4v) is 3.30. The van der Waals surface area contributed by atoms with E-state index in [2.05, 4.69) is 27.8 Å². The van der Waals surface area contributed by atoms with Crippen molar-refractivity contribution in [1.82, 2.24) is 5.32 Å². The summed E-state index contributed by atoms with van der Waals surface area (Å²) in [6, 6.07) is 11.0. The molecule has 156 valence electrons. The van der Waals surface area contributed by atoms with Gasteiger partial charge in [0.05, 0.1) is 16.1 Å². The molecule has 0 saturated carbocycles. The Kier molecular flexibility index (Phi) is 8.32. The number of nitrogens with one attached hydrogen (secondary N) is 1. The summed E-state index contributed by atoms with van der Waals surface area (Å²) in [6.45, 7) is 6.95. The number of ether oxygens (including phenoxy) is 1. The molecule has 0 bridgehead atoms. The maximum atomic E-state index is 14.7. The summed E-state index contributed by atoms with van der Waals surface area (Å²) in [6.07, 6.45) is -2.25. The van der Waals surface area contributed by atoms with Crippen LogP contribution in [0.15, 0.2) is 54.7 Å². The SMILES string of the molecule is C=C1NC(c2c(F)cc(OCC(F)F)cc2F)=C(c2ccccc2)CC1Br.CC. The second-order valence-corrected chi connectivity index (χ2v) is 7.11. The van der Waals surface area contributed by atoms with E-state index in [9.17, 15) is 17.6 Å². The molecule has 1 aliphatic heterocycles. The third kappa shape index (κ3) is 5.63. The third-order valence-electron chi connectivity index (χ3n) is 4.11. The van der Waals surface area contributed by atoms with Crippen LogP contribution in [0, 0.1) is 11.6 Å². The van der Waals surface area contributed by atoms with Gasteiger partial charge in [-0.1, -0.05) is 66.7 Å². The van der Waals surface area contributed by atoms with Gasteiger partial charge in [-0.15, -0.1) is 0 Å². The lowest BCUT2D eigenvalue weighted by molar-refractivity contribution is 0.0815. The summed E-state index contributed by atoms with van der Waals surface area (Å²) >= 11 is 3.50. The zero-order valence-electron chi connectivity index (χ0n) is 16.1. The van der Waals surface area contributed by atoms with Gasteiger partial charge in [-0.3, -0.25) is 0 Å². The Bertz CT molecular complexity index is 861. The minimum atomic E-state index is -2.73. The lowest BCUT2D eigenvalue weighted by Gasteiger charge is -2.28. The molecule has 1 heterocycles. The summed E-state index contributed by atoms with van der Waals surface area (Å²) in [5, 5.41) is 2.98. The van der Waals surface area contributed by atoms with Crippen LogP contribution in [0.5, 0.6) is 5.75 Å². The molecule has 2 nitrogen and oxygen atoms in total. The monoisotopic (exact) mass is 471 g/mol. The smallest absolute Gasteiger partial charge is 0.272 e. The lowest BCUT2D eigenvalue weighted by Crippen LogP contribution is -2.26. The van der Waals surface area contributed by atoms with Crippen LogP contribution in [0.1, 0.15) is 31.4 Å². The van der Waals surface area contributed by atoms with Crippen LogP contribution >= 0.6 is 15.9 Å². The number of alkyl halides is 3. The molecule has 3 rings (SSSR count). The van der Waals surface area contributed by atoms with Crippen LogP contribution < -0.4 is 10.1 Å². The Morgan fingerprint density at radius 2 is 1.72 bits per heavy atom. The van der Waals surface area contributed by atoms with E-state index in [0.29, 0.717) is 17.7 Å². The van der Waals surface area contributed by atoms with E-state index in [0.717, 1.165) is 17.7 Å². The van der Waals surface area contributed by atoms with Crippen molar-refractivity contribution in [2.45, 2.75) is 31.5 Å². The van der Waals surface area contributed by atoms with Gasteiger partial charge in [-0.25, -0.2) is 17.6 Å². The number of hydrogen-bond acceptors (Lipinski definition) is 2. The first-order valence-corrected chi connectivity index (χ1v) is 10.1. The highest BCUT2D eigenvalue weighted by Crippen LogP contribution is 2.39. The average Bonchev–Trinajstić information content (AvgIpc) is 2.70. The van der Waals surface area contributed by atoms with Gasteiger partial charge >= 0.3 is 0 Å². The number of allylic oxidation sites excluding steroid dienone is 2. The number of benzene rings is 2. The molecule has 0 aromatic heterocycles. The van der Waals surface area contributed by atoms with Crippen LogP contribution in [0.25, 0.3) is 11.3 Å². The van der Waals surface area contributed by atoms with Crippen LogP contribution in [0.3, 0.4) is 0 Å². The first kappa shape index (κ1) is 23.0. The van der Waals surface area contributed by atoms with Crippen molar-refractivity contribution in [3.05, 3.63) is 77.5 Å². The van der Waals surface area contributed by atoms with E-state index in [1.807, 2.05) is 44.2 Å². The Morgan fingerprint density at radius 1 is 1.14 bits per heavy atom. The van der Waals surface area contributed by atoms with Crippen LogP contribution in [0.2, 0.25) is 0 Å². The molecule has 0 amide bonds. The molecule has 1 N–H and O–H groups in total. The highest BCUT2D eigenvalue weighted by molar-refractivity contribution is 9.09. The van der Waals surface area contributed by atoms with Crippen molar-refractivity contribution in [3.63, 3.8) is 0 Å². The zero-order valence-corrected chi connectivity index (χ0v) is 17.7. The van der Waals surface area contributed by atoms with Gasteiger partial charge in [0.2, 0.25) is 0 Å². The molecule has 0 saturated heterocycles. The molecule has 0 fully saturated rings. The van der Waals surface area contributed by atoms with Gasteiger partial charge in [0.15, 0.2) is 0 Å². The summed E-state index contributed by atoms with van der Waals surface area (Å²) in [4.78, 5) is -0.101. The van der Waals surface area contributed by atoms with Crippen LogP contribution in [0.4, 0.5) is 17.6 Å². The van der Waals surface area contributed by atoms with Crippen molar-refractivity contribution in [3.8, 4) is 5.75 Å². The van der Waals surface area contributed by atoms with Gasteiger partial charge in [0, 0.05) is 17.8 Å². The molecular formula is C22H22BrF4NO. The summed E-state index contributed by atoms with van der Waals surface area (Å²) in [7, 11) is 0. The largest absolute Gasteiger partial charge is 0.487 e. The summed E-state index contributed by atoms with van der Waals surface area (Å²) < 4.78 is 58.7. The lowest BCUT2D eigenvalue weighted by atomic mass is 9.91. The highest BCUT2D eigenvalue weighted by Gasteiger charge is 2.27. The molecule has 0 radical (unpaired) electrons. The average molecular weight is 472 g/mol.